The molecule has 0 bridgehead atoms. The van der Waals surface area contributed by atoms with Gasteiger partial charge in [0.1, 0.15) is 4.90 Å². The van der Waals surface area contributed by atoms with Gasteiger partial charge in [-0.15, -0.1) is 12.4 Å². The topological polar surface area (TPSA) is 58.2 Å². The highest BCUT2D eigenvalue weighted by Gasteiger charge is 2.25. The van der Waals surface area contributed by atoms with Crippen molar-refractivity contribution in [1.82, 2.24) is 10.0 Å². The van der Waals surface area contributed by atoms with Crippen LogP contribution in [0.4, 0.5) is 4.39 Å². The summed E-state index contributed by atoms with van der Waals surface area (Å²) in [5.74, 6) is -0.756. The average molecular weight is 374 g/mol. The summed E-state index contributed by atoms with van der Waals surface area (Å²) < 4.78 is 40.6. The first-order valence-electron chi connectivity index (χ1n) is 5.68. The quantitative estimate of drug-likeness (QED) is 0.852. The normalized spacial score (nSPS) is 19.8. The Morgan fingerprint density at radius 2 is 2.16 bits per heavy atom. The van der Waals surface area contributed by atoms with Gasteiger partial charge in [0.25, 0.3) is 0 Å². The maximum absolute atomic E-state index is 13.8. The maximum Gasteiger partial charge on any atom is 0.243 e. The van der Waals surface area contributed by atoms with Gasteiger partial charge in [-0.3, -0.25) is 0 Å². The number of benzene rings is 1. The van der Waals surface area contributed by atoms with Crippen molar-refractivity contribution >= 4 is 38.4 Å². The largest absolute Gasteiger partial charge is 0.315 e. The van der Waals surface area contributed by atoms with Gasteiger partial charge in [0.15, 0.2) is 5.82 Å². The predicted octanol–water partition coefficient (Wildman–Crippen LogP) is 2.04. The van der Waals surface area contributed by atoms with E-state index in [1.165, 1.54) is 18.2 Å². The van der Waals surface area contributed by atoms with Crippen molar-refractivity contribution in [2.45, 2.75) is 23.8 Å². The van der Waals surface area contributed by atoms with Crippen molar-refractivity contribution in [2.24, 2.45) is 0 Å². The minimum atomic E-state index is -3.81. The van der Waals surface area contributed by atoms with Crippen molar-refractivity contribution in [1.29, 1.82) is 0 Å². The van der Waals surface area contributed by atoms with E-state index in [1.807, 2.05) is 0 Å². The van der Waals surface area contributed by atoms with Crippen molar-refractivity contribution in [3.63, 3.8) is 0 Å². The first-order valence-corrected chi connectivity index (χ1v) is 7.95. The predicted molar refractivity (Wildman–Crippen MR) is 77.6 cm³/mol. The number of hydrogen-bond donors (Lipinski definition) is 2. The van der Waals surface area contributed by atoms with E-state index in [0.717, 1.165) is 19.4 Å². The number of nitrogens with one attached hydrogen (secondary N) is 2. The fourth-order valence-corrected chi connectivity index (χ4v) is 3.79. The van der Waals surface area contributed by atoms with Crippen LogP contribution >= 0.6 is 28.3 Å². The van der Waals surface area contributed by atoms with E-state index in [0.29, 0.717) is 6.54 Å². The van der Waals surface area contributed by atoms with Crippen LogP contribution in [-0.4, -0.2) is 27.5 Å². The van der Waals surface area contributed by atoms with Crippen molar-refractivity contribution in [3.8, 4) is 0 Å². The zero-order valence-corrected chi connectivity index (χ0v) is 13.2. The lowest BCUT2D eigenvalue weighted by molar-refractivity contribution is 0.427. The number of piperidine rings is 1. The highest BCUT2D eigenvalue weighted by Crippen LogP contribution is 2.22. The highest BCUT2D eigenvalue weighted by molar-refractivity contribution is 9.10. The number of sulfonamides is 1. The second-order valence-electron chi connectivity index (χ2n) is 4.22. The molecule has 2 rings (SSSR count). The first kappa shape index (κ1) is 16.8. The Balaban J connectivity index is 0.00000180. The molecule has 1 aromatic rings. The molecule has 1 fully saturated rings. The summed E-state index contributed by atoms with van der Waals surface area (Å²) >= 11 is 2.98. The van der Waals surface area contributed by atoms with Gasteiger partial charge in [0.05, 0.1) is 4.47 Å². The summed E-state index contributed by atoms with van der Waals surface area (Å²) in [6.07, 6.45) is 1.68. The lowest BCUT2D eigenvalue weighted by atomic mass is 10.1. The molecule has 1 heterocycles. The van der Waals surface area contributed by atoms with E-state index in [1.54, 1.807) is 0 Å². The average Bonchev–Trinajstić information content (AvgIpc) is 2.33. The lowest BCUT2D eigenvalue weighted by Gasteiger charge is -2.23. The molecule has 1 aliphatic rings. The molecule has 0 radical (unpaired) electrons. The van der Waals surface area contributed by atoms with Gasteiger partial charge in [0.2, 0.25) is 10.0 Å². The third-order valence-electron chi connectivity index (χ3n) is 2.82. The Bertz CT molecular complexity index is 535. The lowest BCUT2D eigenvalue weighted by Crippen LogP contribution is -2.45. The van der Waals surface area contributed by atoms with Crippen LogP contribution in [0.15, 0.2) is 27.6 Å². The van der Waals surface area contributed by atoms with E-state index in [9.17, 15) is 12.8 Å². The van der Waals surface area contributed by atoms with Gasteiger partial charge in [0, 0.05) is 12.6 Å². The van der Waals surface area contributed by atoms with Crippen LogP contribution < -0.4 is 10.0 Å². The summed E-state index contributed by atoms with van der Waals surface area (Å²) in [6.45, 7) is 1.47. The minimum absolute atomic E-state index is 0. The summed E-state index contributed by atoms with van der Waals surface area (Å²) in [6, 6.07) is 4.05. The summed E-state index contributed by atoms with van der Waals surface area (Å²) in [7, 11) is -3.81. The number of hydrogen-bond acceptors (Lipinski definition) is 3. The molecule has 1 aliphatic heterocycles. The zero-order chi connectivity index (χ0) is 13.2. The molecule has 0 saturated carbocycles. The maximum atomic E-state index is 13.8. The second kappa shape index (κ2) is 6.99. The van der Waals surface area contributed by atoms with E-state index in [-0.39, 0.29) is 27.8 Å². The molecular formula is C11H15BrClFN2O2S. The molecule has 8 heteroatoms. The van der Waals surface area contributed by atoms with Crippen molar-refractivity contribution in [3.05, 3.63) is 28.5 Å². The van der Waals surface area contributed by atoms with Crippen LogP contribution in [0.5, 0.6) is 0 Å². The molecule has 1 atom stereocenters. The van der Waals surface area contributed by atoms with E-state index >= 15 is 0 Å². The molecule has 0 aromatic heterocycles. The molecule has 108 valence electrons. The van der Waals surface area contributed by atoms with Gasteiger partial charge in [-0.05, 0) is 47.4 Å². The first-order chi connectivity index (χ1) is 8.50. The monoisotopic (exact) mass is 372 g/mol. The molecule has 1 saturated heterocycles. The van der Waals surface area contributed by atoms with Crippen LogP contribution in [-0.2, 0) is 10.0 Å². The molecule has 19 heavy (non-hydrogen) atoms. The summed E-state index contributed by atoms with van der Waals surface area (Å²) in [5, 5.41) is 3.10. The van der Waals surface area contributed by atoms with Crippen LogP contribution in [0.3, 0.4) is 0 Å². The molecule has 0 amide bonds. The van der Waals surface area contributed by atoms with Crippen molar-refractivity contribution < 1.29 is 12.8 Å². The third-order valence-corrected chi connectivity index (χ3v) is 4.97. The standard InChI is InChI=1S/C11H14BrFN2O2S.ClH/c12-9-4-1-5-10(11(9)13)18(16,17)15-8-3-2-6-14-7-8;/h1,4-5,8,14-15H,2-3,6-7H2;1H. The Labute approximate surface area is 126 Å². The Kier molecular flexibility index (Phi) is 6.19. The fraction of sp³-hybridized carbons (Fsp3) is 0.455. The van der Waals surface area contributed by atoms with E-state index in [4.69, 9.17) is 0 Å². The SMILES string of the molecule is Cl.O=S(=O)(NC1CCCNC1)c1cccc(Br)c1F. The van der Waals surface area contributed by atoms with Crippen LogP contribution in [0.1, 0.15) is 12.8 Å². The molecular weight excluding hydrogens is 359 g/mol. The van der Waals surface area contributed by atoms with Crippen LogP contribution in [0.2, 0.25) is 0 Å². The van der Waals surface area contributed by atoms with Gasteiger partial charge in [-0.25, -0.2) is 17.5 Å². The molecule has 1 unspecified atom stereocenters. The van der Waals surface area contributed by atoms with Crippen LogP contribution in [0.25, 0.3) is 0 Å². The Morgan fingerprint density at radius 1 is 1.42 bits per heavy atom. The van der Waals surface area contributed by atoms with E-state index < -0.39 is 15.8 Å². The van der Waals surface area contributed by atoms with E-state index in [2.05, 4.69) is 26.0 Å². The summed E-state index contributed by atoms with van der Waals surface area (Å²) in [4.78, 5) is -0.317. The highest BCUT2D eigenvalue weighted by atomic mass is 79.9. The van der Waals surface area contributed by atoms with Crippen LogP contribution in [0, 0.1) is 5.82 Å². The minimum Gasteiger partial charge on any atom is -0.315 e. The summed E-state index contributed by atoms with van der Waals surface area (Å²) in [5.41, 5.74) is 0. The number of halogens is 3. The second-order valence-corrected chi connectivity index (χ2v) is 6.75. The fourth-order valence-electron chi connectivity index (χ4n) is 1.93. The Hall–Kier alpha value is -0.210. The molecule has 4 nitrogen and oxygen atoms in total. The van der Waals surface area contributed by atoms with Crippen molar-refractivity contribution in [2.75, 3.05) is 13.1 Å². The molecule has 0 spiro atoms. The van der Waals surface area contributed by atoms with Gasteiger partial charge < -0.3 is 5.32 Å². The third kappa shape index (κ3) is 4.13. The van der Waals surface area contributed by atoms with Gasteiger partial charge >= 0.3 is 0 Å². The number of rotatable bonds is 3. The molecule has 1 aromatic carbocycles. The van der Waals surface area contributed by atoms with Gasteiger partial charge in [-0.2, -0.15) is 0 Å². The molecule has 2 N–H and O–H groups in total. The van der Waals surface area contributed by atoms with Gasteiger partial charge in [-0.1, -0.05) is 6.07 Å². The molecule has 0 aliphatic carbocycles. The Morgan fingerprint density at radius 3 is 2.79 bits per heavy atom. The zero-order valence-electron chi connectivity index (χ0n) is 10.0. The smallest absolute Gasteiger partial charge is 0.243 e.